The quantitative estimate of drug-likeness (QED) is 0.840. The predicted octanol–water partition coefficient (Wildman–Crippen LogP) is 4.56. The van der Waals surface area contributed by atoms with Gasteiger partial charge in [-0.3, -0.25) is 0 Å². The Morgan fingerprint density at radius 1 is 1.21 bits per heavy atom. The topological polar surface area (TPSA) is 12.0 Å². The minimum Gasteiger partial charge on any atom is -0.314 e. The molecule has 1 N–H and O–H groups in total. The zero-order valence-corrected chi connectivity index (χ0v) is 12.8. The van der Waals surface area contributed by atoms with Crippen molar-refractivity contribution in [3.05, 3.63) is 33.8 Å². The second kappa shape index (κ2) is 5.63. The first kappa shape index (κ1) is 13.7. The van der Waals surface area contributed by atoms with Crippen molar-refractivity contribution in [3.8, 4) is 0 Å². The number of hydrogen-bond acceptors (Lipinski definition) is 1. The van der Waals surface area contributed by atoms with Crippen LogP contribution in [0.25, 0.3) is 0 Å². The SMILES string of the molecule is CCNC(Cc1cc(Cl)ccc1Cl)C1CC2CC2C1. The van der Waals surface area contributed by atoms with Gasteiger partial charge < -0.3 is 5.32 Å². The van der Waals surface area contributed by atoms with Gasteiger partial charge in [-0.1, -0.05) is 30.1 Å². The van der Waals surface area contributed by atoms with Gasteiger partial charge in [-0.25, -0.2) is 0 Å². The van der Waals surface area contributed by atoms with Gasteiger partial charge in [-0.05, 0) is 73.7 Å². The van der Waals surface area contributed by atoms with Crippen molar-refractivity contribution in [2.75, 3.05) is 6.54 Å². The number of hydrogen-bond donors (Lipinski definition) is 1. The van der Waals surface area contributed by atoms with Gasteiger partial charge in [0.05, 0.1) is 0 Å². The molecule has 1 nitrogen and oxygen atoms in total. The van der Waals surface area contributed by atoms with Crippen LogP contribution in [-0.4, -0.2) is 12.6 Å². The monoisotopic (exact) mass is 297 g/mol. The summed E-state index contributed by atoms with van der Waals surface area (Å²) in [5.74, 6) is 2.88. The molecule has 2 aliphatic carbocycles. The summed E-state index contributed by atoms with van der Waals surface area (Å²) >= 11 is 12.4. The highest BCUT2D eigenvalue weighted by Gasteiger charge is 2.47. The lowest BCUT2D eigenvalue weighted by Crippen LogP contribution is -2.37. The largest absolute Gasteiger partial charge is 0.314 e. The number of rotatable bonds is 5. The van der Waals surface area contributed by atoms with Crippen molar-refractivity contribution in [1.82, 2.24) is 5.32 Å². The average Bonchev–Trinajstić information content (AvgIpc) is 3.00. The van der Waals surface area contributed by atoms with Gasteiger partial charge in [0, 0.05) is 16.1 Å². The maximum atomic E-state index is 6.30. The molecular formula is C16H21Cl2N. The lowest BCUT2D eigenvalue weighted by molar-refractivity contribution is 0.337. The van der Waals surface area contributed by atoms with Gasteiger partial charge in [-0.15, -0.1) is 0 Å². The van der Waals surface area contributed by atoms with Gasteiger partial charge in [-0.2, -0.15) is 0 Å². The maximum absolute atomic E-state index is 6.30. The van der Waals surface area contributed by atoms with Crippen LogP contribution in [0.1, 0.15) is 31.7 Å². The van der Waals surface area contributed by atoms with Gasteiger partial charge >= 0.3 is 0 Å². The molecule has 2 saturated carbocycles. The lowest BCUT2D eigenvalue weighted by Gasteiger charge is -2.26. The molecule has 0 heterocycles. The molecule has 3 unspecified atom stereocenters. The van der Waals surface area contributed by atoms with Crippen LogP contribution < -0.4 is 5.32 Å². The normalized spacial score (nSPS) is 30.2. The first-order valence-electron chi connectivity index (χ1n) is 7.34. The van der Waals surface area contributed by atoms with Crippen LogP contribution in [-0.2, 0) is 6.42 Å². The summed E-state index contributed by atoms with van der Waals surface area (Å²) in [6.07, 6.45) is 5.28. The van der Waals surface area contributed by atoms with E-state index in [1.54, 1.807) is 0 Å². The highest BCUT2D eigenvalue weighted by Crippen LogP contribution is 2.55. The number of likely N-dealkylation sites (N-methyl/N-ethyl adjacent to an activating group) is 1. The minimum atomic E-state index is 0.550. The Hall–Kier alpha value is -0.240. The number of fused-ring (bicyclic) bond motifs is 1. The summed E-state index contributed by atoms with van der Waals surface area (Å²) in [6, 6.07) is 6.34. The number of nitrogens with one attached hydrogen (secondary N) is 1. The summed E-state index contributed by atoms with van der Waals surface area (Å²) in [6.45, 7) is 3.21. The fraction of sp³-hybridized carbons (Fsp3) is 0.625. The second-order valence-corrected chi connectivity index (χ2v) is 6.94. The Morgan fingerprint density at radius 3 is 2.63 bits per heavy atom. The van der Waals surface area contributed by atoms with E-state index in [4.69, 9.17) is 23.2 Å². The van der Waals surface area contributed by atoms with Gasteiger partial charge in [0.25, 0.3) is 0 Å². The Kier molecular flexibility index (Phi) is 4.07. The maximum Gasteiger partial charge on any atom is 0.0439 e. The summed E-state index contributed by atoms with van der Waals surface area (Å²) in [5.41, 5.74) is 1.18. The zero-order valence-electron chi connectivity index (χ0n) is 11.3. The molecule has 3 heteroatoms. The van der Waals surface area contributed by atoms with Gasteiger partial charge in [0.15, 0.2) is 0 Å². The minimum absolute atomic E-state index is 0.550. The number of halogens is 2. The van der Waals surface area contributed by atoms with E-state index in [9.17, 15) is 0 Å². The third-order valence-electron chi connectivity index (χ3n) is 4.76. The molecule has 19 heavy (non-hydrogen) atoms. The number of benzene rings is 1. The van der Waals surface area contributed by atoms with Crippen molar-refractivity contribution in [2.24, 2.45) is 17.8 Å². The Labute approximate surface area is 125 Å². The fourth-order valence-corrected chi connectivity index (χ4v) is 4.08. The first-order valence-corrected chi connectivity index (χ1v) is 8.10. The highest BCUT2D eigenvalue weighted by atomic mass is 35.5. The van der Waals surface area contributed by atoms with Crippen molar-refractivity contribution in [3.63, 3.8) is 0 Å². The predicted molar refractivity (Wildman–Crippen MR) is 82.0 cm³/mol. The molecule has 0 spiro atoms. The van der Waals surface area contributed by atoms with Crippen molar-refractivity contribution < 1.29 is 0 Å². The van der Waals surface area contributed by atoms with Crippen molar-refractivity contribution in [1.29, 1.82) is 0 Å². The lowest BCUT2D eigenvalue weighted by atomic mass is 9.89. The molecule has 1 aromatic carbocycles. The van der Waals surface area contributed by atoms with Crippen LogP contribution in [0, 0.1) is 17.8 Å². The second-order valence-electron chi connectivity index (χ2n) is 6.09. The first-order chi connectivity index (χ1) is 9.17. The third kappa shape index (κ3) is 3.09. The molecule has 0 bridgehead atoms. The molecule has 0 amide bonds. The molecule has 1 aromatic rings. The van der Waals surface area contributed by atoms with E-state index >= 15 is 0 Å². The van der Waals surface area contributed by atoms with Crippen LogP contribution in [0.2, 0.25) is 10.0 Å². The Morgan fingerprint density at radius 2 is 1.95 bits per heavy atom. The molecular weight excluding hydrogens is 277 g/mol. The van der Waals surface area contributed by atoms with E-state index in [2.05, 4.69) is 12.2 Å². The molecule has 0 radical (unpaired) electrons. The van der Waals surface area contributed by atoms with E-state index in [1.165, 1.54) is 24.8 Å². The molecule has 104 valence electrons. The molecule has 3 atom stereocenters. The molecule has 0 aliphatic heterocycles. The Bertz CT molecular complexity index is 450. The molecule has 3 rings (SSSR count). The summed E-state index contributed by atoms with van der Waals surface area (Å²) in [7, 11) is 0. The van der Waals surface area contributed by atoms with Crippen LogP contribution in [0.15, 0.2) is 18.2 Å². The Balaban J connectivity index is 1.71. The van der Waals surface area contributed by atoms with Crippen molar-refractivity contribution in [2.45, 2.75) is 38.6 Å². The van der Waals surface area contributed by atoms with E-state index in [0.717, 1.165) is 40.8 Å². The molecule has 0 saturated heterocycles. The third-order valence-corrected chi connectivity index (χ3v) is 5.37. The highest BCUT2D eigenvalue weighted by molar-refractivity contribution is 6.33. The summed E-state index contributed by atoms with van der Waals surface area (Å²) < 4.78 is 0. The zero-order chi connectivity index (χ0) is 13.4. The molecule has 2 aliphatic rings. The summed E-state index contributed by atoms with van der Waals surface area (Å²) in [4.78, 5) is 0. The van der Waals surface area contributed by atoms with E-state index in [0.29, 0.717) is 6.04 Å². The molecule has 2 fully saturated rings. The van der Waals surface area contributed by atoms with Crippen LogP contribution in [0.4, 0.5) is 0 Å². The van der Waals surface area contributed by atoms with Crippen LogP contribution >= 0.6 is 23.2 Å². The summed E-state index contributed by atoms with van der Waals surface area (Å²) in [5, 5.41) is 5.28. The smallest absolute Gasteiger partial charge is 0.0439 e. The van der Waals surface area contributed by atoms with E-state index in [1.807, 2.05) is 18.2 Å². The van der Waals surface area contributed by atoms with Gasteiger partial charge in [0.1, 0.15) is 0 Å². The van der Waals surface area contributed by atoms with Crippen molar-refractivity contribution >= 4 is 23.2 Å². The fourth-order valence-electron chi connectivity index (χ4n) is 3.69. The van der Waals surface area contributed by atoms with Gasteiger partial charge in [0.2, 0.25) is 0 Å². The van der Waals surface area contributed by atoms with E-state index < -0.39 is 0 Å². The average molecular weight is 298 g/mol. The molecule has 0 aromatic heterocycles. The van der Waals surface area contributed by atoms with Crippen LogP contribution in [0.3, 0.4) is 0 Å². The van der Waals surface area contributed by atoms with E-state index in [-0.39, 0.29) is 0 Å². The van der Waals surface area contributed by atoms with Crippen LogP contribution in [0.5, 0.6) is 0 Å². The standard InChI is InChI=1S/C16H21Cl2N/c1-2-19-16(13-6-10-5-11(10)7-13)9-12-8-14(17)3-4-15(12)18/h3-4,8,10-11,13,16,19H,2,5-7,9H2,1H3.